The van der Waals surface area contributed by atoms with Crippen LogP contribution < -0.4 is 5.32 Å². The number of carbonyl (C=O) groups excluding carboxylic acids is 1. The molecule has 0 aromatic heterocycles. The average molecular weight is 190 g/mol. The van der Waals surface area contributed by atoms with E-state index in [-0.39, 0.29) is 6.03 Å². The highest BCUT2D eigenvalue weighted by atomic mass is 19.1. The van der Waals surface area contributed by atoms with E-state index in [0.717, 1.165) is 0 Å². The van der Waals surface area contributed by atoms with Gasteiger partial charge in [-0.05, 0) is 6.92 Å². The van der Waals surface area contributed by atoms with Crippen molar-refractivity contribution in [1.82, 2.24) is 10.2 Å². The minimum atomic E-state index is -0.532. The summed E-state index contributed by atoms with van der Waals surface area (Å²) in [4.78, 5) is 13.0. The molecule has 0 aromatic rings. The minimum absolute atomic E-state index is 0.201. The number of urea groups is 1. The number of nitrogens with zero attached hydrogens (tertiary/aromatic N) is 1. The normalized spacial score (nSPS) is 19.7. The smallest absolute Gasteiger partial charge is 0.317 e. The van der Waals surface area contributed by atoms with E-state index in [0.29, 0.717) is 26.3 Å². The Kier molecular flexibility index (Phi) is 3.95. The van der Waals surface area contributed by atoms with E-state index >= 15 is 0 Å². The molecule has 0 aromatic carbocycles. The summed E-state index contributed by atoms with van der Waals surface area (Å²) in [6.07, 6.45) is 0. The van der Waals surface area contributed by atoms with Gasteiger partial charge in [-0.3, -0.25) is 0 Å². The van der Waals surface area contributed by atoms with Crippen molar-refractivity contribution in [3.8, 4) is 0 Å². The Bertz CT molecular complexity index is 172. The summed E-state index contributed by atoms with van der Waals surface area (Å²) in [6, 6.07) is -0.608. The molecule has 0 saturated carbocycles. The molecule has 1 heterocycles. The number of amides is 2. The Labute approximate surface area is 77.0 Å². The molecule has 1 atom stereocenters. The lowest BCUT2D eigenvalue weighted by molar-refractivity contribution is 0.0524. The number of alkyl halides is 1. The molecule has 0 aliphatic carbocycles. The van der Waals surface area contributed by atoms with Crippen molar-refractivity contribution in [3.05, 3.63) is 0 Å². The Balaban J connectivity index is 2.29. The number of morpholine rings is 1. The third-order valence-electron chi connectivity index (χ3n) is 1.90. The average Bonchev–Trinajstić information content (AvgIpc) is 2.19. The van der Waals surface area contributed by atoms with Gasteiger partial charge in [0.25, 0.3) is 0 Å². The molecule has 1 N–H and O–H groups in total. The molecule has 1 aliphatic rings. The van der Waals surface area contributed by atoms with Crippen LogP contribution in [0.2, 0.25) is 0 Å². The summed E-state index contributed by atoms with van der Waals surface area (Å²) < 4.78 is 17.1. The van der Waals surface area contributed by atoms with E-state index in [1.807, 2.05) is 0 Å². The van der Waals surface area contributed by atoms with Gasteiger partial charge in [0.1, 0.15) is 6.67 Å². The zero-order chi connectivity index (χ0) is 9.68. The Morgan fingerprint density at radius 2 is 2.23 bits per heavy atom. The van der Waals surface area contributed by atoms with Gasteiger partial charge in [0.05, 0.1) is 19.3 Å². The van der Waals surface area contributed by atoms with Crippen LogP contribution in [-0.2, 0) is 4.74 Å². The van der Waals surface area contributed by atoms with E-state index in [4.69, 9.17) is 4.74 Å². The zero-order valence-electron chi connectivity index (χ0n) is 7.75. The third-order valence-corrected chi connectivity index (χ3v) is 1.90. The lowest BCUT2D eigenvalue weighted by atomic mass is 10.4. The molecule has 0 bridgehead atoms. The second-order valence-electron chi connectivity index (χ2n) is 3.10. The first-order valence-corrected chi connectivity index (χ1v) is 4.43. The standard InChI is InChI=1S/C8H15FN2O2/c1-7(6-9)10-8(12)11-2-4-13-5-3-11/h7H,2-6H2,1H3,(H,10,12)/t7-/m0/s1. The first kappa shape index (κ1) is 10.2. The highest BCUT2D eigenvalue weighted by Gasteiger charge is 2.17. The lowest BCUT2D eigenvalue weighted by Crippen LogP contribution is -2.49. The predicted octanol–water partition coefficient (Wildman–Crippen LogP) is 0.386. The Hall–Kier alpha value is -0.840. The maximum absolute atomic E-state index is 12.1. The fourth-order valence-corrected chi connectivity index (χ4v) is 1.11. The summed E-state index contributed by atoms with van der Waals surface area (Å²) in [5.74, 6) is 0. The van der Waals surface area contributed by atoms with E-state index in [1.165, 1.54) is 0 Å². The summed E-state index contributed by atoms with van der Waals surface area (Å²) in [5, 5.41) is 2.56. The zero-order valence-corrected chi connectivity index (χ0v) is 7.75. The van der Waals surface area contributed by atoms with E-state index in [2.05, 4.69) is 5.32 Å². The quantitative estimate of drug-likeness (QED) is 0.684. The fourth-order valence-electron chi connectivity index (χ4n) is 1.11. The van der Waals surface area contributed by atoms with Gasteiger partial charge in [-0.15, -0.1) is 0 Å². The third kappa shape index (κ3) is 3.18. The van der Waals surface area contributed by atoms with Crippen LogP contribution in [0.1, 0.15) is 6.92 Å². The van der Waals surface area contributed by atoms with Crippen molar-refractivity contribution < 1.29 is 13.9 Å². The number of ether oxygens (including phenoxy) is 1. The van der Waals surface area contributed by atoms with Gasteiger partial charge in [-0.1, -0.05) is 0 Å². The van der Waals surface area contributed by atoms with Gasteiger partial charge < -0.3 is 15.0 Å². The van der Waals surface area contributed by atoms with Crippen molar-refractivity contribution >= 4 is 6.03 Å². The molecule has 2 amide bonds. The Morgan fingerprint density at radius 1 is 1.62 bits per heavy atom. The van der Waals surface area contributed by atoms with Gasteiger partial charge in [-0.2, -0.15) is 0 Å². The highest BCUT2D eigenvalue weighted by Crippen LogP contribution is 1.97. The molecule has 0 unspecified atom stereocenters. The molecule has 1 saturated heterocycles. The van der Waals surface area contributed by atoms with Crippen LogP contribution in [0, 0.1) is 0 Å². The van der Waals surface area contributed by atoms with Crippen LogP contribution >= 0.6 is 0 Å². The maximum atomic E-state index is 12.1. The number of carbonyl (C=O) groups is 1. The molecular formula is C8H15FN2O2. The van der Waals surface area contributed by atoms with Gasteiger partial charge in [0, 0.05) is 13.1 Å². The summed E-state index contributed by atoms with van der Waals surface area (Å²) >= 11 is 0. The second-order valence-corrected chi connectivity index (χ2v) is 3.10. The molecule has 1 fully saturated rings. The van der Waals surface area contributed by atoms with E-state index in [1.54, 1.807) is 11.8 Å². The first-order chi connectivity index (χ1) is 6.24. The highest BCUT2D eigenvalue weighted by molar-refractivity contribution is 5.74. The van der Waals surface area contributed by atoms with E-state index < -0.39 is 12.7 Å². The number of hydrogen-bond acceptors (Lipinski definition) is 2. The second kappa shape index (κ2) is 5.01. The van der Waals surface area contributed by atoms with Crippen LogP contribution in [0.25, 0.3) is 0 Å². The topological polar surface area (TPSA) is 41.6 Å². The monoisotopic (exact) mass is 190 g/mol. The van der Waals surface area contributed by atoms with Gasteiger partial charge in [-0.25, -0.2) is 9.18 Å². The number of halogens is 1. The molecule has 13 heavy (non-hydrogen) atoms. The fraction of sp³-hybridized carbons (Fsp3) is 0.875. The van der Waals surface area contributed by atoms with Crippen molar-refractivity contribution in [2.75, 3.05) is 33.0 Å². The van der Waals surface area contributed by atoms with Crippen molar-refractivity contribution in [2.24, 2.45) is 0 Å². The van der Waals surface area contributed by atoms with Crippen LogP contribution in [0.15, 0.2) is 0 Å². The molecule has 0 spiro atoms. The van der Waals surface area contributed by atoms with Crippen molar-refractivity contribution in [2.45, 2.75) is 13.0 Å². The van der Waals surface area contributed by atoms with Crippen LogP contribution in [0.5, 0.6) is 0 Å². The molecule has 1 rings (SSSR count). The largest absolute Gasteiger partial charge is 0.378 e. The van der Waals surface area contributed by atoms with Gasteiger partial charge in [0.2, 0.25) is 0 Å². The van der Waals surface area contributed by atoms with Crippen LogP contribution in [-0.4, -0.2) is 50.0 Å². The van der Waals surface area contributed by atoms with Gasteiger partial charge in [0.15, 0.2) is 0 Å². The minimum Gasteiger partial charge on any atom is -0.378 e. The first-order valence-electron chi connectivity index (χ1n) is 4.43. The molecule has 76 valence electrons. The van der Waals surface area contributed by atoms with E-state index in [9.17, 15) is 9.18 Å². The summed E-state index contributed by atoms with van der Waals surface area (Å²) in [5.41, 5.74) is 0. The lowest BCUT2D eigenvalue weighted by Gasteiger charge is -2.27. The predicted molar refractivity (Wildman–Crippen MR) is 46.4 cm³/mol. The molecule has 1 aliphatic heterocycles. The molecule has 0 radical (unpaired) electrons. The summed E-state index contributed by atoms with van der Waals surface area (Å²) in [7, 11) is 0. The molecule has 5 heteroatoms. The molecular weight excluding hydrogens is 175 g/mol. The van der Waals surface area contributed by atoms with Crippen LogP contribution in [0.3, 0.4) is 0 Å². The summed E-state index contributed by atoms with van der Waals surface area (Å²) in [6.45, 7) is 3.42. The Morgan fingerprint density at radius 3 is 2.77 bits per heavy atom. The number of hydrogen-bond donors (Lipinski definition) is 1. The van der Waals surface area contributed by atoms with Crippen LogP contribution in [0.4, 0.5) is 9.18 Å². The van der Waals surface area contributed by atoms with Gasteiger partial charge >= 0.3 is 6.03 Å². The van der Waals surface area contributed by atoms with Crippen molar-refractivity contribution in [1.29, 1.82) is 0 Å². The number of nitrogens with one attached hydrogen (secondary N) is 1. The number of rotatable bonds is 2. The van der Waals surface area contributed by atoms with Crippen molar-refractivity contribution in [3.63, 3.8) is 0 Å². The SMILES string of the molecule is C[C@@H](CF)NC(=O)N1CCOCC1. The molecule has 4 nitrogen and oxygen atoms in total. The maximum Gasteiger partial charge on any atom is 0.317 e.